The van der Waals surface area contributed by atoms with E-state index in [0.29, 0.717) is 0 Å². The van der Waals surface area contributed by atoms with Crippen molar-refractivity contribution in [2.24, 2.45) is 0 Å². The summed E-state index contributed by atoms with van der Waals surface area (Å²) in [6.07, 6.45) is -0.607. The van der Waals surface area contributed by atoms with Crippen LogP contribution in [0.25, 0.3) is 0 Å². The van der Waals surface area contributed by atoms with E-state index in [-0.39, 0.29) is 11.9 Å². The number of fused-ring (bicyclic) bond motifs is 1. The van der Waals surface area contributed by atoms with Crippen molar-refractivity contribution in [2.75, 3.05) is 31.1 Å². The minimum absolute atomic E-state index is 0.0842. The number of ether oxygens (including phenoxy) is 1. The molecular formula is C22H27FN2O2. The van der Waals surface area contributed by atoms with Crippen molar-refractivity contribution in [3.05, 3.63) is 59.4 Å². The monoisotopic (exact) mass is 370 g/mol. The van der Waals surface area contributed by atoms with Crippen LogP contribution in [0.5, 0.6) is 5.75 Å². The molecule has 0 amide bonds. The molecule has 0 radical (unpaired) electrons. The van der Waals surface area contributed by atoms with Crippen LogP contribution >= 0.6 is 0 Å². The normalized spacial score (nSPS) is 25.0. The van der Waals surface area contributed by atoms with Crippen LogP contribution in [-0.2, 0) is 0 Å². The Labute approximate surface area is 160 Å². The van der Waals surface area contributed by atoms with Crippen molar-refractivity contribution < 1.29 is 14.2 Å². The van der Waals surface area contributed by atoms with Crippen LogP contribution < -0.4 is 9.64 Å². The maximum atomic E-state index is 13.2. The van der Waals surface area contributed by atoms with Gasteiger partial charge in [0.1, 0.15) is 23.3 Å². The molecule has 0 aliphatic carbocycles. The summed E-state index contributed by atoms with van der Waals surface area (Å²) in [5, 5.41) is 11.1. The smallest absolute Gasteiger partial charge is 0.131 e. The van der Waals surface area contributed by atoms with Gasteiger partial charge in [-0.25, -0.2) is 4.39 Å². The minimum atomic E-state index is -0.638. The second-order valence-electron chi connectivity index (χ2n) is 8.14. The van der Waals surface area contributed by atoms with E-state index in [1.54, 1.807) is 0 Å². The van der Waals surface area contributed by atoms with Gasteiger partial charge in [0.25, 0.3) is 0 Å². The van der Waals surface area contributed by atoms with Gasteiger partial charge < -0.3 is 14.7 Å². The van der Waals surface area contributed by atoms with Gasteiger partial charge in [0.15, 0.2) is 0 Å². The van der Waals surface area contributed by atoms with Crippen molar-refractivity contribution in [1.29, 1.82) is 0 Å². The highest BCUT2D eigenvalue weighted by Crippen LogP contribution is 2.43. The van der Waals surface area contributed by atoms with Gasteiger partial charge in [-0.15, -0.1) is 0 Å². The van der Waals surface area contributed by atoms with Gasteiger partial charge in [-0.1, -0.05) is 17.7 Å². The molecule has 0 unspecified atom stereocenters. The molecule has 2 aromatic rings. The molecule has 2 heterocycles. The number of piperazine rings is 1. The number of anilines is 1. The lowest BCUT2D eigenvalue weighted by Gasteiger charge is -2.48. The maximum absolute atomic E-state index is 13.2. The summed E-state index contributed by atoms with van der Waals surface area (Å²) in [7, 11) is 0. The molecule has 0 aromatic heterocycles. The predicted octanol–water partition coefficient (Wildman–Crippen LogP) is 3.53. The number of aliphatic hydroxyl groups is 1. The average molecular weight is 370 g/mol. The molecule has 1 N–H and O–H groups in total. The number of rotatable bonds is 2. The Balaban J connectivity index is 1.56. The molecule has 0 saturated carbocycles. The number of hydrogen-bond donors (Lipinski definition) is 1. The number of nitrogens with zero attached hydrogens (tertiary/aromatic N) is 2. The first-order valence-corrected chi connectivity index (χ1v) is 9.57. The lowest BCUT2D eigenvalue weighted by atomic mass is 9.84. The third-order valence-electron chi connectivity index (χ3n) is 5.77. The van der Waals surface area contributed by atoms with Crippen LogP contribution in [-0.4, -0.2) is 47.9 Å². The number of hydrogen-bond acceptors (Lipinski definition) is 4. The van der Waals surface area contributed by atoms with Crippen molar-refractivity contribution in [2.45, 2.75) is 38.5 Å². The van der Waals surface area contributed by atoms with Gasteiger partial charge in [-0.2, -0.15) is 0 Å². The van der Waals surface area contributed by atoms with Crippen LogP contribution in [0, 0.1) is 12.7 Å². The maximum Gasteiger partial charge on any atom is 0.131 e. The summed E-state index contributed by atoms with van der Waals surface area (Å²) in [6, 6.07) is 12.8. The van der Waals surface area contributed by atoms with Gasteiger partial charge in [0, 0.05) is 37.4 Å². The zero-order chi connectivity index (χ0) is 19.2. The summed E-state index contributed by atoms with van der Waals surface area (Å²) in [4.78, 5) is 4.62. The van der Waals surface area contributed by atoms with Gasteiger partial charge >= 0.3 is 0 Å². The molecule has 2 aliphatic heterocycles. The first-order chi connectivity index (χ1) is 12.8. The van der Waals surface area contributed by atoms with Crippen LogP contribution in [0.2, 0.25) is 0 Å². The number of benzene rings is 2. The molecule has 2 aromatic carbocycles. The zero-order valence-electron chi connectivity index (χ0n) is 16.2. The summed E-state index contributed by atoms with van der Waals surface area (Å²) in [6.45, 7) is 9.32. The molecular weight excluding hydrogens is 343 g/mol. The van der Waals surface area contributed by atoms with E-state index in [9.17, 15) is 9.50 Å². The van der Waals surface area contributed by atoms with Gasteiger partial charge in [-0.05, 0) is 51.1 Å². The summed E-state index contributed by atoms with van der Waals surface area (Å²) in [5.74, 6) is 0.652. The topological polar surface area (TPSA) is 35.9 Å². The number of aryl methyl sites for hydroxylation is 1. The lowest BCUT2D eigenvalue weighted by molar-refractivity contribution is -0.0942. The Morgan fingerprint density at radius 3 is 2.37 bits per heavy atom. The zero-order valence-corrected chi connectivity index (χ0v) is 16.2. The highest BCUT2D eigenvalue weighted by atomic mass is 19.1. The number of aliphatic hydroxyl groups excluding tert-OH is 1. The highest BCUT2D eigenvalue weighted by Gasteiger charge is 2.45. The standard InChI is InChI=1S/C22H27FN2O2/c1-15-4-9-19-18(14-15)20(21(26)22(2,3)27-19)25-12-10-24(11-13-25)17-7-5-16(23)6-8-17/h4-9,14,20-21,26H,10-13H2,1-3H3/t20-,21+/m1/s1. The Hall–Kier alpha value is -2.11. The summed E-state index contributed by atoms with van der Waals surface area (Å²) in [5.41, 5.74) is 2.64. The first-order valence-electron chi connectivity index (χ1n) is 9.57. The Kier molecular flexibility index (Phi) is 4.60. The van der Waals surface area contributed by atoms with Crippen LogP contribution in [0.15, 0.2) is 42.5 Å². The molecule has 0 spiro atoms. The molecule has 27 heavy (non-hydrogen) atoms. The largest absolute Gasteiger partial charge is 0.485 e. The van der Waals surface area contributed by atoms with E-state index in [4.69, 9.17) is 4.74 Å². The van der Waals surface area contributed by atoms with Crippen molar-refractivity contribution in [3.8, 4) is 5.75 Å². The fourth-order valence-electron chi connectivity index (χ4n) is 4.19. The van der Waals surface area contributed by atoms with E-state index >= 15 is 0 Å². The third-order valence-corrected chi connectivity index (χ3v) is 5.77. The Bertz CT molecular complexity index is 814. The van der Waals surface area contributed by atoms with E-state index in [2.05, 4.69) is 28.9 Å². The van der Waals surface area contributed by atoms with Gasteiger partial charge in [-0.3, -0.25) is 4.90 Å². The Morgan fingerprint density at radius 1 is 1.04 bits per heavy atom. The molecule has 144 valence electrons. The fourth-order valence-corrected chi connectivity index (χ4v) is 4.19. The lowest BCUT2D eigenvalue weighted by Crippen LogP contribution is -2.57. The first kappa shape index (κ1) is 18.3. The molecule has 4 rings (SSSR count). The minimum Gasteiger partial charge on any atom is -0.485 e. The molecule has 0 bridgehead atoms. The van der Waals surface area contributed by atoms with Crippen molar-refractivity contribution >= 4 is 5.69 Å². The molecule has 1 saturated heterocycles. The predicted molar refractivity (Wildman–Crippen MR) is 105 cm³/mol. The Morgan fingerprint density at radius 2 is 1.70 bits per heavy atom. The second kappa shape index (κ2) is 6.80. The summed E-state index contributed by atoms with van der Waals surface area (Å²) < 4.78 is 19.3. The second-order valence-corrected chi connectivity index (χ2v) is 8.14. The molecule has 5 heteroatoms. The molecule has 1 fully saturated rings. The third kappa shape index (κ3) is 3.42. The average Bonchev–Trinajstić information content (AvgIpc) is 2.64. The van der Waals surface area contributed by atoms with E-state index in [1.807, 2.05) is 32.0 Å². The number of halogens is 1. The van der Waals surface area contributed by atoms with E-state index in [1.165, 1.54) is 17.7 Å². The van der Waals surface area contributed by atoms with Crippen molar-refractivity contribution in [1.82, 2.24) is 4.90 Å². The van der Waals surface area contributed by atoms with Gasteiger partial charge in [0.05, 0.1) is 6.04 Å². The molecule has 2 atom stereocenters. The van der Waals surface area contributed by atoms with Crippen LogP contribution in [0.1, 0.15) is 31.0 Å². The molecule has 2 aliphatic rings. The van der Waals surface area contributed by atoms with Crippen molar-refractivity contribution in [3.63, 3.8) is 0 Å². The SMILES string of the molecule is Cc1ccc2c(c1)[C@@H](N1CCN(c3ccc(F)cc3)CC1)[C@H](O)C(C)(C)O2. The summed E-state index contributed by atoms with van der Waals surface area (Å²) >= 11 is 0. The van der Waals surface area contributed by atoms with E-state index in [0.717, 1.165) is 43.2 Å². The van der Waals surface area contributed by atoms with Crippen LogP contribution in [0.3, 0.4) is 0 Å². The quantitative estimate of drug-likeness (QED) is 0.877. The van der Waals surface area contributed by atoms with Gasteiger partial charge in [0.2, 0.25) is 0 Å². The van der Waals surface area contributed by atoms with E-state index < -0.39 is 11.7 Å². The van der Waals surface area contributed by atoms with Crippen LogP contribution in [0.4, 0.5) is 10.1 Å². The molecule has 4 nitrogen and oxygen atoms in total. The highest BCUT2D eigenvalue weighted by molar-refractivity contribution is 5.47. The fraction of sp³-hybridized carbons (Fsp3) is 0.455.